The summed E-state index contributed by atoms with van der Waals surface area (Å²) in [5.41, 5.74) is 5.80. The SMILES string of the molecule is NC1(CC(=O)N2CCN(CC(=O)O)CC2)CCC1. The number of carbonyl (C=O) groups is 2. The zero-order valence-corrected chi connectivity index (χ0v) is 10.6. The monoisotopic (exact) mass is 255 g/mol. The van der Waals surface area contributed by atoms with E-state index >= 15 is 0 Å². The summed E-state index contributed by atoms with van der Waals surface area (Å²) < 4.78 is 0. The molecule has 1 heterocycles. The van der Waals surface area contributed by atoms with Crippen LogP contribution in [0.4, 0.5) is 0 Å². The molecular formula is C12H21N3O3. The number of carboxylic acid groups (broad SMARTS) is 1. The fourth-order valence-electron chi connectivity index (χ4n) is 2.57. The average Bonchev–Trinajstić information content (AvgIpc) is 2.27. The van der Waals surface area contributed by atoms with E-state index < -0.39 is 5.97 Å². The second kappa shape index (κ2) is 5.24. The number of hydrogen-bond acceptors (Lipinski definition) is 4. The molecular weight excluding hydrogens is 234 g/mol. The van der Waals surface area contributed by atoms with Gasteiger partial charge in [0.25, 0.3) is 0 Å². The molecule has 1 saturated carbocycles. The first kappa shape index (κ1) is 13.3. The van der Waals surface area contributed by atoms with Crippen LogP contribution in [0.3, 0.4) is 0 Å². The van der Waals surface area contributed by atoms with Crippen molar-refractivity contribution in [2.45, 2.75) is 31.2 Å². The molecule has 1 saturated heterocycles. The van der Waals surface area contributed by atoms with Crippen molar-refractivity contribution in [3.8, 4) is 0 Å². The molecule has 1 aliphatic heterocycles. The van der Waals surface area contributed by atoms with Crippen molar-refractivity contribution in [3.05, 3.63) is 0 Å². The fourth-order valence-corrected chi connectivity index (χ4v) is 2.57. The van der Waals surface area contributed by atoms with Gasteiger partial charge >= 0.3 is 5.97 Å². The number of piperazine rings is 1. The summed E-state index contributed by atoms with van der Waals surface area (Å²) in [6.07, 6.45) is 3.44. The number of carboxylic acids is 1. The lowest BCUT2D eigenvalue weighted by Gasteiger charge is -2.40. The second-order valence-electron chi connectivity index (χ2n) is 5.44. The van der Waals surface area contributed by atoms with Crippen molar-refractivity contribution >= 4 is 11.9 Å². The number of hydrogen-bond donors (Lipinski definition) is 2. The number of amides is 1. The maximum Gasteiger partial charge on any atom is 0.317 e. The van der Waals surface area contributed by atoms with Crippen molar-refractivity contribution in [2.24, 2.45) is 5.73 Å². The Labute approximate surface area is 107 Å². The van der Waals surface area contributed by atoms with Gasteiger partial charge < -0.3 is 15.7 Å². The van der Waals surface area contributed by atoms with Crippen LogP contribution in [0.5, 0.6) is 0 Å². The quantitative estimate of drug-likeness (QED) is 0.706. The number of rotatable bonds is 4. The van der Waals surface area contributed by atoms with Gasteiger partial charge in [-0.05, 0) is 19.3 Å². The van der Waals surface area contributed by atoms with Gasteiger partial charge in [-0.1, -0.05) is 0 Å². The van der Waals surface area contributed by atoms with E-state index in [0.29, 0.717) is 32.6 Å². The van der Waals surface area contributed by atoms with Crippen molar-refractivity contribution in [1.29, 1.82) is 0 Å². The molecule has 102 valence electrons. The molecule has 1 aliphatic carbocycles. The number of nitrogens with two attached hydrogens (primary N) is 1. The van der Waals surface area contributed by atoms with Gasteiger partial charge in [0.2, 0.25) is 5.91 Å². The summed E-state index contributed by atoms with van der Waals surface area (Å²) in [7, 11) is 0. The Balaban J connectivity index is 1.75. The zero-order chi connectivity index (χ0) is 13.2. The molecule has 0 unspecified atom stereocenters. The van der Waals surface area contributed by atoms with Crippen molar-refractivity contribution in [2.75, 3.05) is 32.7 Å². The van der Waals surface area contributed by atoms with E-state index in [0.717, 1.165) is 19.3 Å². The first-order valence-corrected chi connectivity index (χ1v) is 6.49. The summed E-state index contributed by atoms with van der Waals surface area (Å²) >= 11 is 0. The van der Waals surface area contributed by atoms with Gasteiger partial charge in [0, 0.05) is 38.1 Å². The van der Waals surface area contributed by atoms with Crippen LogP contribution >= 0.6 is 0 Å². The molecule has 0 bridgehead atoms. The van der Waals surface area contributed by atoms with E-state index in [1.54, 1.807) is 0 Å². The Hall–Kier alpha value is -1.14. The largest absolute Gasteiger partial charge is 0.480 e. The van der Waals surface area contributed by atoms with Crippen molar-refractivity contribution in [1.82, 2.24) is 9.80 Å². The molecule has 1 amide bonds. The Kier molecular flexibility index (Phi) is 3.87. The molecule has 0 spiro atoms. The van der Waals surface area contributed by atoms with E-state index in [-0.39, 0.29) is 18.0 Å². The highest BCUT2D eigenvalue weighted by molar-refractivity contribution is 5.77. The van der Waals surface area contributed by atoms with Gasteiger partial charge in [0.05, 0.1) is 6.54 Å². The molecule has 2 rings (SSSR count). The highest BCUT2D eigenvalue weighted by Crippen LogP contribution is 2.32. The Morgan fingerprint density at radius 1 is 1.17 bits per heavy atom. The third-order valence-corrected chi connectivity index (χ3v) is 3.94. The zero-order valence-electron chi connectivity index (χ0n) is 10.6. The van der Waals surface area contributed by atoms with Gasteiger partial charge in [0.1, 0.15) is 0 Å². The first-order chi connectivity index (χ1) is 8.48. The van der Waals surface area contributed by atoms with E-state index in [1.165, 1.54) is 0 Å². The smallest absolute Gasteiger partial charge is 0.317 e. The minimum atomic E-state index is -0.815. The first-order valence-electron chi connectivity index (χ1n) is 6.49. The van der Waals surface area contributed by atoms with E-state index in [9.17, 15) is 9.59 Å². The Morgan fingerprint density at radius 3 is 2.22 bits per heavy atom. The molecule has 0 aromatic heterocycles. The highest BCUT2D eigenvalue weighted by atomic mass is 16.4. The van der Waals surface area contributed by atoms with Gasteiger partial charge in [-0.25, -0.2) is 0 Å². The van der Waals surface area contributed by atoms with Gasteiger partial charge in [0.15, 0.2) is 0 Å². The minimum absolute atomic E-state index is 0.0584. The molecule has 18 heavy (non-hydrogen) atoms. The van der Waals surface area contributed by atoms with E-state index in [2.05, 4.69) is 0 Å². The summed E-state index contributed by atoms with van der Waals surface area (Å²) in [5.74, 6) is -0.697. The minimum Gasteiger partial charge on any atom is -0.480 e. The number of carbonyl (C=O) groups excluding carboxylic acids is 1. The fraction of sp³-hybridized carbons (Fsp3) is 0.833. The predicted molar refractivity (Wildman–Crippen MR) is 66.0 cm³/mol. The summed E-state index contributed by atoms with van der Waals surface area (Å²) in [5, 5.41) is 8.69. The average molecular weight is 255 g/mol. The Bertz CT molecular complexity index is 333. The van der Waals surface area contributed by atoms with Crippen LogP contribution in [0.2, 0.25) is 0 Å². The Morgan fingerprint density at radius 2 is 1.78 bits per heavy atom. The van der Waals surface area contributed by atoms with E-state index in [4.69, 9.17) is 10.8 Å². The second-order valence-corrected chi connectivity index (χ2v) is 5.44. The van der Waals surface area contributed by atoms with Crippen LogP contribution in [0.15, 0.2) is 0 Å². The third-order valence-electron chi connectivity index (χ3n) is 3.94. The summed E-state index contributed by atoms with van der Waals surface area (Å²) in [6.45, 7) is 2.55. The van der Waals surface area contributed by atoms with Gasteiger partial charge in [-0.15, -0.1) is 0 Å². The molecule has 3 N–H and O–H groups in total. The highest BCUT2D eigenvalue weighted by Gasteiger charge is 2.36. The van der Waals surface area contributed by atoms with Crippen LogP contribution in [0.1, 0.15) is 25.7 Å². The predicted octanol–water partition coefficient (Wildman–Crippen LogP) is -0.513. The molecule has 0 aromatic rings. The van der Waals surface area contributed by atoms with Crippen LogP contribution in [0.25, 0.3) is 0 Å². The lowest BCUT2D eigenvalue weighted by molar-refractivity contribution is -0.139. The number of aliphatic carboxylic acids is 1. The van der Waals surface area contributed by atoms with Crippen LogP contribution in [-0.2, 0) is 9.59 Å². The topological polar surface area (TPSA) is 86.9 Å². The molecule has 6 heteroatoms. The molecule has 2 fully saturated rings. The summed E-state index contributed by atoms with van der Waals surface area (Å²) in [4.78, 5) is 26.3. The molecule has 6 nitrogen and oxygen atoms in total. The molecule has 0 atom stereocenters. The standard InChI is InChI=1S/C12H21N3O3/c13-12(2-1-3-12)8-10(16)15-6-4-14(5-7-15)9-11(17)18/h1-9,13H2,(H,17,18). The normalized spacial score (nSPS) is 23.5. The maximum atomic E-state index is 12.0. The molecule has 2 aliphatic rings. The van der Waals surface area contributed by atoms with Crippen molar-refractivity contribution in [3.63, 3.8) is 0 Å². The number of nitrogens with zero attached hydrogens (tertiary/aromatic N) is 2. The van der Waals surface area contributed by atoms with Gasteiger partial charge in [-0.3, -0.25) is 14.5 Å². The van der Waals surface area contributed by atoms with Crippen molar-refractivity contribution < 1.29 is 14.7 Å². The lowest BCUT2D eigenvalue weighted by atomic mass is 9.75. The van der Waals surface area contributed by atoms with Gasteiger partial charge in [-0.2, -0.15) is 0 Å². The molecule has 0 radical (unpaired) electrons. The van der Waals surface area contributed by atoms with Crippen LogP contribution < -0.4 is 5.73 Å². The van der Waals surface area contributed by atoms with Crippen LogP contribution in [-0.4, -0.2) is 65.0 Å². The third kappa shape index (κ3) is 3.20. The molecule has 0 aromatic carbocycles. The van der Waals surface area contributed by atoms with E-state index in [1.807, 2.05) is 9.80 Å². The lowest BCUT2D eigenvalue weighted by Crippen LogP contribution is -2.54. The maximum absolute atomic E-state index is 12.0. The van der Waals surface area contributed by atoms with Crippen LogP contribution in [0, 0.1) is 0 Å². The summed E-state index contributed by atoms with van der Waals surface area (Å²) in [6, 6.07) is 0.